The van der Waals surface area contributed by atoms with Gasteiger partial charge in [0.2, 0.25) is 0 Å². The van der Waals surface area contributed by atoms with E-state index < -0.39 is 0 Å². The molecule has 1 aromatic rings. The summed E-state index contributed by atoms with van der Waals surface area (Å²) in [5.74, 6) is 0. The Kier molecular flexibility index (Phi) is 4.78. The summed E-state index contributed by atoms with van der Waals surface area (Å²) >= 11 is 6.11. The molecule has 0 aliphatic rings. The Morgan fingerprint density at radius 3 is 2.56 bits per heavy atom. The van der Waals surface area contributed by atoms with Crippen molar-refractivity contribution in [2.24, 2.45) is 5.41 Å². The average molecular weight is 242 g/mol. The van der Waals surface area contributed by atoms with Crippen LogP contribution in [-0.4, -0.2) is 18.3 Å². The molecule has 0 saturated heterocycles. The van der Waals surface area contributed by atoms with Gasteiger partial charge in [-0.25, -0.2) is 0 Å². The van der Waals surface area contributed by atoms with Gasteiger partial charge in [-0.1, -0.05) is 43.6 Å². The Labute approximate surface area is 103 Å². The van der Waals surface area contributed by atoms with E-state index in [1.807, 2.05) is 38.1 Å². The van der Waals surface area contributed by atoms with Gasteiger partial charge >= 0.3 is 0 Å². The summed E-state index contributed by atoms with van der Waals surface area (Å²) in [7, 11) is 0. The molecule has 1 aromatic carbocycles. The Hall–Kier alpha value is -0.570. The minimum absolute atomic E-state index is 0.102. The molecule has 0 radical (unpaired) electrons. The molecule has 0 unspecified atom stereocenters. The molecule has 1 rings (SSSR count). The number of rotatable bonds is 5. The number of halogens is 1. The highest BCUT2D eigenvalue weighted by atomic mass is 35.5. The molecule has 0 aromatic heterocycles. The maximum atomic E-state index is 9.17. The first kappa shape index (κ1) is 13.5. The van der Waals surface area contributed by atoms with E-state index in [0.717, 1.165) is 17.1 Å². The van der Waals surface area contributed by atoms with E-state index in [4.69, 9.17) is 16.7 Å². The van der Waals surface area contributed by atoms with Crippen LogP contribution in [0.15, 0.2) is 24.3 Å². The number of aliphatic hydroxyl groups is 1. The third kappa shape index (κ3) is 3.78. The molecular weight excluding hydrogens is 222 g/mol. The van der Waals surface area contributed by atoms with Crippen molar-refractivity contribution < 1.29 is 5.11 Å². The lowest BCUT2D eigenvalue weighted by Crippen LogP contribution is -2.33. The highest BCUT2D eigenvalue weighted by Gasteiger charge is 2.18. The molecule has 0 spiro atoms. The number of hydrogen-bond acceptors (Lipinski definition) is 2. The molecular formula is C13H20ClNO. The second kappa shape index (κ2) is 5.67. The minimum Gasteiger partial charge on any atom is -0.396 e. The van der Waals surface area contributed by atoms with Crippen molar-refractivity contribution in [3.8, 4) is 0 Å². The maximum Gasteiger partial charge on any atom is 0.0494 e. The standard InChI is InChI=1S/C13H20ClNO/c1-10(15-8-13(2,3)9-16)11-6-4-5-7-12(11)14/h4-7,10,15-16H,8-9H2,1-3H3/t10-/m0/s1. The number of benzene rings is 1. The van der Waals surface area contributed by atoms with Gasteiger partial charge in [0.15, 0.2) is 0 Å². The summed E-state index contributed by atoms with van der Waals surface area (Å²) in [4.78, 5) is 0. The second-order valence-corrected chi connectivity index (χ2v) is 5.35. The first-order valence-electron chi connectivity index (χ1n) is 5.55. The second-order valence-electron chi connectivity index (χ2n) is 4.95. The van der Waals surface area contributed by atoms with Crippen molar-refractivity contribution in [1.82, 2.24) is 5.32 Å². The van der Waals surface area contributed by atoms with E-state index in [1.165, 1.54) is 0 Å². The Balaban J connectivity index is 2.60. The fourth-order valence-electron chi connectivity index (χ4n) is 1.42. The van der Waals surface area contributed by atoms with Gasteiger partial charge in [-0.15, -0.1) is 0 Å². The molecule has 0 bridgehead atoms. The van der Waals surface area contributed by atoms with Gasteiger partial charge < -0.3 is 10.4 Å². The molecule has 90 valence electrons. The molecule has 0 aliphatic heterocycles. The van der Waals surface area contributed by atoms with Crippen LogP contribution < -0.4 is 5.32 Å². The van der Waals surface area contributed by atoms with Gasteiger partial charge in [-0.05, 0) is 18.6 Å². The third-order valence-corrected chi connectivity index (χ3v) is 3.03. The Morgan fingerprint density at radius 2 is 2.00 bits per heavy atom. The van der Waals surface area contributed by atoms with Gasteiger partial charge in [0.25, 0.3) is 0 Å². The molecule has 2 nitrogen and oxygen atoms in total. The van der Waals surface area contributed by atoms with Crippen molar-refractivity contribution in [2.45, 2.75) is 26.8 Å². The summed E-state index contributed by atoms with van der Waals surface area (Å²) in [5, 5.41) is 13.3. The fraction of sp³-hybridized carbons (Fsp3) is 0.538. The smallest absolute Gasteiger partial charge is 0.0494 e. The van der Waals surface area contributed by atoms with Crippen LogP contribution in [0.3, 0.4) is 0 Å². The zero-order valence-corrected chi connectivity index (χ0v) is 10.9. The maximum absolute atomic E-state index is 9.17. The van der Waals surface area contributed by atoms with Crippen molar-refractivity contribution >= 4 is 11.6 Å². The third-order valence-electron chi connectivity index (χ3n) is 2.69. The predicted molar refractivity (Wildman–Crippen MR) is 68.7 cm³/mol. The lowest BCUT2D eigenvalue weighted by Gasteiger charge is -2.25. The first-order valence-corrected chi connectivity index (χ1v) is 5.93. The predicted octanol–water partition coefficient (Wildman–Crippen LogP) is 3.01. The highest BCUT2D eigenvalue weighted by Crippen LogP contribution is 2.23. The summed E-state index contributed by atoms with van der Waals surface area (Å²) in [6.45, 7) is 7.07. The van der Waals surface area contributed by atoms with Gasteiger partial charge in [0, 0.05) is 29.6 Å². The fourth-order valence-corrected chi connectivity index (χ4v) is 1.72. The van der Waals surface area contributed by atoms with Crippen LogP contribution in [0.5, 0.6) is 0 Å². The van der Waals surface area contributed by atoms with E-state index >= 15 is 0 Å². The number of nitrogens with one attached hydrogen (secondary N) is 1. The Bertz CT molecular complexity index is 338. The van der Waals surface area contributed by atoms with Gasteiger partial charge in [0.1, 0.15) is 0 Å². The molecule has 3 heteroatoms. The lowest BCUT2D eigenvalue weighted by atomic mass is 9.94. The van der Waals surface area contributed by atoms with Crippen LogP contribution in [0.4, 0.5) is 0 Å². The highest BCUT2D eigenvalue weighted by molar-refractivity contribution is 6.31. The van der Waals surface area contributed by atoms with Gasteiger partial charge in [-0.3, -0.25) is 0 Å². The molecule has 0 saturated carbocycles. The zero-order valence-electron chi connectivity index (χ0n) is 10.1. The molecule has 16 heavy (non-hydrogen) atoms. The quantitative estimate of drug-likeness (QED) is 0.831. The number of hydrogen-bond donors (Lipinski definition) is 2. The molecule has 0 aliphatic carbocycles. The summed E-state index contributed by atoms with van der Waals surface area (Å²) in [6.07, 6.45) is 0. The van der Waals surface area contributed by atoms with Crippen molar-refractivity contribution in [2.75, 3.05) is 13.2 Å². The summed E-state index contributed by atoms with van der Waals surface area (Å²) in [5.41, 5.74) is 0.994. The molecule has 2 N–H and O–H groups in total. The zero-order chi connectivity index (χ0) is 12.2. The molecule has 0 amide bonds. The van der Waals surface area contributed by atoms with Crippen LogP contribution in [-0.2, 0) is 0 Å². The van der Waals surface area contributed by atoms with Crippen LogP contribution in [0.2, 0.25) is 5.02 Å². The van der Waals surface area contributed by atoms with Crippen molar-refractivity contribution in [1.29, 1.82) is 0 Å². The van der Waals surface area contributed by atoms with Crippen LogP contribution in [0.1, 0.15) is 32.4 Å². The molecule has 1 atom stereocenters. The number of aliphatic hydroxyl groups excluding tert-OH is 1. The monoisotopic (exact) mass is 241 g/mol. The van der Waals surface area contributed by atoms with Gasteiger partial charge in [-0.2, -0.15) is 0 Å². The van der Waals surface area contributed by atoms with E-state index in [2.05, 4.69) is 12.2 Å². The minimum atomic E-state index is -0.102. The van der Waals surface area contributed by atoms with E-state index in [9.17, 15) is 0 Å². The van der Waals surface area contributed by atoms with Crippen LogP contribution in [0.25, 0.3) is 0 Å². The summed E-state index contributed by atoms with van der Waals surface area (Å²) in [6, 6.07) is 8.02. The normalized spacial score (nSPS) is 13.8. The topological polar surface area (TPSA) is 32.3 Å². The largest absolute Gasteiger partial charge is 0.396 e. The van der Waals surface area contributed by atoms with Crippen LogP contribution in [0, 0.1) is 5.41 Å². The van der Waals surface area contributed by atoms with E-state index in [-0.39, 0.29) is 18.1 Å². The average Bonchev–Trinajstić information content (AvgIpc) is 2.27. The lowest BCUT2D eigenvalue weighted by molar-refractivity contribution is 0.154. The van der Waals surface area contributed by atoms with Crippen LogP contribution >= 0.6 is 11.6 Å². The Morgan fingerprint density at radius 1 is 1.38 bits per heavy atom. The summed E-state index contributed by atoms with van der Waals surface area (Å²) < 4.78 is 0. The SMILES string of the molecule is C[C@H](NCC(C)(C)CO)c1ccccc1Cl. The van der Waals surface area contributed by atoms with Gasteiger partial charge in [0.05, 0.1) is 0 Å². The first-order chi connectivity index (χ1) is 7.46. The van der Waals surface area contributed by atoms with Crippen molar-refractivity contribution in [3.05, 3.63) is 34.9 Å². The molecule has 0 heterocycles. The van der Waals surface area contributed by atoms with E-state index in [0.29, 0.717) is 0 Å². The van der Waals surface area contributed by atoms with E-state index in [1.54, 1.807) is 0 Å². The van der Waals surface area contributed by atoms with Crippen molar-refractivity contribution in [3.63, 3.8) is 0 Å². The molecule has 0 fully saturated rings.